The summed E-state index contributed by atoms with van der Waals surface area (Å²) in [5.74, 6) is -0.591. The third-order valence-electron chi connectivity index (χ3n) is 6.90. The monoisotopic (exact) mass is 498 g/mol. The van der Waals surface area contributed by atoms with Gasteiger partial charge in [-0.05, 0) is 53.0 Å². The highest BCUT2D eigenvalue weighted by atomic mass is 35.5. The summed E-state index contributed by atoms with van der Waals surface area (Å²) < 4.78 is 55.5. The van der Waals surface area contributed by atoms with Crippen molar-refractivity contribution in [1.29, 1.82) is 0 Å². The molecule has 1 amide bonds. The van der Waals surface area contributed by atoms with Gasteiger partial charge in [0.15, 0.2) is 17.1 Å². The fourth-order valence-electron chi connectivity index (χ4n) is 5.45. The second-order valence-electron chi connectivity index (χ2n) is 10.2. The third-order valence-corrected chi connectivity index (χ3v) is 7.15. The average molecular weight is 499 g/mol. The number of piperazine rings is 1. The van der Waals surface area contributed by atoms with Gasteiger partial charge in [0.05, 0.1) is 23.5 Å². The minimum atomic E-state index is -2.90. The van der Waals surface area contributed by atoms with Crippen molar-refractivity contribution in [3.05, 3.63) is 22.2 Å². The van der Waals surface area contributed by atoms with E-state index in [0.29, 0.717) is 29.9 Å². The number of halogens is 4. The molecule has 2 aromatic rings. The van der Waals surface area contributed by atoms with Gasteiger partial charge in [-0.1, -0.05) is 11.6 Å². The van der Waals surface area contributed by atoms with Crippen LogP contribution in [0.1, 0.15) is 44.9 Å². The topological polar surface area (TPSA) is 67.8 Å². The van der Waals surface area contributed by atoms with Crippen LogP contribution in [0.3, 0.4) is 0 Å². The minimum Gasteiger partial charge on any atom is -0.465 e. The van der Waals surface area contributed by atoms with E-state index in [0.717, 1.165) is 0 Å². The number of carbonyl (C=O) groups excluding carboxylic acids is 1. The maximum Gasteiger partial charge on any atom is 0.410 e. The molecule has 184 valence electrons. The van der Waals surface area contributed by atoms with Crippen molar-refractivity contribution >= 4 is 34.3 Å². The molecular formula is C23H26ClF3N4O3. The second kappa shape index (κ2) is 7.76. The first-order valence-electron chi connectivity index (χ1n) is 11.3. The Morgan fingerprint density at radius 2 is 1.91 bits per heavy atom. The molecule has 0 aromatic carbocycles. The summed E-state index contributed by atoms with van der Waals surface area (Å²) in [7, 11) is 0. The Balaban J connectivity index is 1.70. The average Bonchev–Trinajstić information content (AvgIpc) is 2.97. The van der Waals surface area contributed by atoms with Gasteiger partial charge in [-0.25, -0.2) is 22.9 Å². The molecule has 5 heterocycles. The molecule has 3 aliphatic rings. The van der Waals surface area contributed by atoms with E-state index in [1.165, 1.54) is 0 Å². The van der Waals surface area contributed by atoms with Crippen LogP contribution >= 0.6 is 11.6 Å². The molecule has 2 saturated heterocycles. The van der Waals surface area contributed by atoms with Crippen LogP contribution in [-0.2, 0) is 4.74 Å². The number of ether oxygens (including phenoxy) is 2. The summed E-state index contributed by atoms with van der Waals surface area (Å²) in [6.07, 6.45) is -3.95. The number of aryl methyl sites for hydroxylation is 2. The Morgan fingerprint density at radius 1 is 1.21 bits per heavy atom. The number of pyridine rings is 2. The van der Waals surface area contributed by atoms with Gasteiger partial charge < -0.3 is 14.4 Å². The highest BCUT2D eigenvalue weighted by molar-refractivity contribution is 6.30. The van der Waals surface area contributed by atoms with Gasteiger partial charge in [0.1, 0.15) is 11.4 Å². The highest BCUT2D eigenvalue weighted by Crippen LogP contribution is 2.47. The third kappa shape index (κ3) is 3.44. The molecule has 11 heteroatoms. The Hall–Kier alpha value is -2.49. The van der Waals surface area contributed by atoms with Crippen molar-refractivity contribution in [2.45, 2.75) is 83.7 Å². The molecule has 0 N–H and O–H groups in total. The van der Waals surface area contributed by atoms with Gasteiger partial charge in [-0.2, -0.15) is 4.98 Å². The van der Waals surface area contributed by atoms with E-state index in [2.05, 4.69) is 9.97 Å². The van der Waals surface area contributed by atoms with Gasteiger partial charge in [0.2, 0.25) is 5.88 Å². The van der Waals surface area contributed by atoms with Crippen molar-refractivity contribution in [2.24, 2.45) is 0 Å². The number of fused-ring (bicyclic) bond motifs is 5. The molecular weight excluding hydrogens is 473 g/mol. The van der Waals surface area contributed by atoms with E-state index in [9.17, 15) is 13.6 Å². The smallest absolute Gasteiger partial charge is 0.410 e. The number of alkyl halides is 2. The molecule has 4 atom stereocenters. The van der Waals surface area contributed by atoms with Crippen LogP contribution in [0.15, 0.2) is 0 Å². The number of carbonyl (C=O) groups is 1. The zero-order valence-corrected chi connectivity index (χ0v) is 20.3. The number of hydrogen-bond acceptors (Lipinski definition) is 6. The van der Waals surface area contributed by atoms with Crippen LogP contribution in [-0.4, -0.2) is 63.8 Å². The molecule has 1 unspecified atom stereocenters. The molecule has 0 saturated carbocycles. The molecule has 0 aliphatic carbocycles. The SMILES string of the molecule is Cc1nc2c3c(nc(Cl)c(F)c3c1C)OC(C(F)F)[C@@H]1[C@@H]3CC[C@H](CN21)N3C(=O)OC(C)(C)C. The lowest BCUT2D eigenvalue weighted by atomic mass is 9.96. The lowest BCUT2D eigenvalue weighted by Crippen LogP contribution is -2.67. The first-order valence-corrected chi connectivity index (χ1v) is 11.7. The molecule has 7 nitrogen and oxygen atoms in total. The largest absolute Gasteiger partial charge is 0.465 e. The van der Waals surface area contributed by atoms with Crippen molar-refractivity contribution in [3.63, 3.8) is 0 Å². The number of aromatic nitrogens is 2. The maximum atomic E-state index is 15.1. The lowest BCUT2D eigenvalue weighted by molar-refractivity contribution is -0.0371. The Labute approximate surface area is 200 Å². The second-order valence-corrected chi connectivity index (χ2v) is 10.5. The minimum absolute atomic E-state index is 0.160. The number of nitrogens with zero attached hydrogens (tertiary/aromatic N) is 4. The van der Waals surface area contributed by atoms with E-state index in [4.69, 9.17) is 21.1 Å². The van der Waals surface area contributed by atoms with Crippen LogP contribution in [0.4, 0.5) is 23.8 Å². The number of rotatable bonds is 1. The fourth-order valence-corrected chi connectivity index (χ4v) is 5.62. The fraction of sp³-hybridized carbons (Fsp3) is 0.609. The Morgan fingerprint density at radius 3 is 2.56 bits per heavy atom. The van der Waals surface area contributed by atoms with Crippen molar-refractivity contribution in [2.75, 3.05) is 11.4 Å². The summed E-state index contributed by atoms with van der Waals surface area (Å²) in [6, 6.07) is -1.79. The van der Waals surface area contributed by atoms with E-state index in [1.807, 2.05) is 0 Å². The van der Waals surface area contributed by atoms with Crippen LogP contribution in [0.5, 0.6) is 5.88 Å². The summed E-state index contributed by atoms with van der Waals surface area (Å²) in [5, 5.41) is -0.0664. The molecule has 0 spiro atoms. The zero-order valence-electron chi connectivity index (χ0n) is 19.5. The van der Waals surface area contributed by atoms with Crippen molar-refractivity contribution in [3.8, 4) is 5.88 Å². The van der Waals surface area contributed by atoms with Crippen LogP contribution in [0.2, 0.25) is 5.15 Å². The van der Waals surface area contributed by atoms with Crippen LogP contribution < -0.4 is 9.64 Å². The summed E-state index contributed by atoms with van der Waals surface area (Å²) in [4.78, 5) is 25.1. The van der Waals surface area contributed by atoms with Gasteiger partial charge in [0, 0.05) is 17.6 Å². The number of hydrogen-bond donors (Lipinski definition) is 0. The molecule has 5 rings (SSSR count). The van der Waals surface area contributed by atoms with Crippen molar-refractivity contribution in [1.82, 2.24) is 14.9 Å². The molecule has 2 fully saturated rings. The van der Waals surface area contributed by atoms with Gasteiger partial charge in [-0.3, -0.25) is 4.90 Å². The van der Waals surface area contributed by atoms with Crippen molar-refractivity contribution < 1.29 is 27.4 Å². The van der Waals surface area contributed by atoms with Crippen LogP contribution in [0.25, 0.3) is 10.8 Å². The summed E-state index contributed by atoms with van der Waals surface area (Å²) >= 11 is 6.04. The zero-order chi connectivity index (χ0) is 24.7. The van der Waals surface area contributed by atoms with E-state index in [-0.39, 0.29) is 29.2 Å². The Bertz CT molecular complexity index is 1180. The van der Waals surface area contributed by atoms with E-state index < -0.39 is 47.3 Å². The standard InChI is InChI=1S/C23H26ClF3N4O3/c1-9-10(2)28-20-14-13(9)15(25)18(24)29-21(14)33-17(19(26)27)16-12-7-6-11(8-30(16)20)31(12)22(32)34-23(3,4)5/h11-12,16-17,19H,6-8H2,1-5H3/t11-,12+,16+,17?/m1/s1. The van der Waals surface area contributed by atoms with E-state index >= 15 is 4.39 Å². The van der Waals surface area contributed by atoms with E-state index in [1.54, 1.807) is 44.4 Å². The summed E-state index contributed by atoms with van der Waals surface area (Å²) in [5.41, 5.74) is 0.352. The normalized spacial score (nSPS) is 25.9. The molecule has 2 aromatic heterocycles. The quantitative estimate of drug-likeness (QED) is 0.514. The first-order chi connectivity index (χ1) is 15.9. The lowest BCUT2D eigenvalue weighted by Gasteiger charge is -2.48. The molecule has 34 heavy (non-hydrogen) atoms. The predicted octanol–water partition coefficient (Wildman–Crippen LogP) is 5.02. The Kier molecular flexibility index (Phi) is 5.31. The van der Waals surface area contributed by atoms with Crippen LogP contribution in [0, 0.1) is 19.7 Å². The first kappa shape index (κ1) is 23.3. The molecule has 2 bridgehead atoms. The maximum absolute atomic E-state index is 15.1. The van der Waals surface area contributed by atoms with Gasteiger partial charge >= 0.3 is 6.09 Å². The number of anilines is 1. The molecule has 3 aliphatic heterocycles. The predicted molar refractivity (Wildman–Crippen MR) is 120 cm³/mol. The number of amides is 1. The highest BCUT2D eigenvalue weighted by Gasteiger charge is 2.56. The van der Waals surface area contributed by atoms with Gasteiger partial charge in [0.25, 0.3) is 6.43 Å². The van der Waals surface area contributed by atoms with Gasteiger partial charge in [-0.15, -0.1) is 0 Å². The summed E-state index contributed by atoms with van der Waals surface area (Å²) in [6.45, 7) is 8.95. The molecule has 0 radical (unpaired) electrons.